The summed E-state index contributed by atoms with van der Waals surface area (Å²) in [6.45, 7) is 6.61. The Morgan fingerprint density at radius 2 is 1.96 bits per heavy atom. The molecule has 0 bridgehead atoms. The molecule has 0 radical (unpaired) electrons. The quantitative estimate of drug-likeness (QED) is 0.852. The Labute approximate surface area is 148 Å². The summed E-state index contributed by atoms with van der Waals surface area (Å²) in [5.74, 6) is 1.42. The first kappa shape index (κ1) is 17.6. The van der Waals surface area contributed by atoms with Crippen LogP contribution in [0, 0.1) is 6.92 Å². The lowest BCUT2D eigenvalue weighted by molar-refractivity contribution is 0.382. The number of anilines is 2. The van der Waals surface area contributed by atoms with E-state index in [1.165, 1.54) is 10.5 Å². The molecule has 134 valence electrons. The number of aryl methyl sites for hydroxylation is 1. The van der Waals surface area contributed by atoms with Gasteiger partial charge in [-0.2, -0.15) is 9.29 Å². The van der Waals surface area contributed by atoms with Gasteiger partial charge in [0.05, 0.1) is 0 Å². The number of nitrogens with one attached hydrogen (secondary N) is 1. The van der Waals surface area contributed by atoms with E-state index in [2.05, 4.69) is 20.3 Å². The predicted octanol–water partition coefficient (Wildman–Crippen LogP) is 1.12. The van der Waals surface area contributed by atoms with Crippen LogP contribution in [-0.2, 0) is 10.0 Å². The van der Waals surface area contributed by atoms with Crippen LogP contribution in [0.5, 0.6) is 0 Å². The highest BCUT2D eigenvalue weighted by Crippen LogP contribution is 2.20. The Kier molecular flexibility index (Phi) is 5.14. The molecule has 0 unspecified atom stereocenters. The summed E-state index contributed by atoms with van der Waals surface area (Å²) >= 11 is 0. The number of hydrogen-bond acceptors (Lipinski definition) is 7. The van der Waals surface area contributed by atoms with Crippen molar-refractivity contribution >= 4 is 21.8 Å². The molecule has 0 saturated carbocycles. The van der Waals surface area contributed by atoms with E-state index in [1.807, 2.05) is 24.8 Å². The molecular formula is C16H22N6O2S. The van der Waals surface area contributed by atoms with Crippen LogP contribution < -0.4 is 10.2 Å². The van der Waals surface area contributed by atoms with Gasteiger partial charge in [-0.3, -0.25) is 4.98 Å². The number of nitrogens with zero attached hydrogens (tertiary/aromatic N) is 5. The van der Waals surface area contributed by atoms with Crippen molar-refractivity contribution in [2.45, 2.75) is 18.7 Å². The molecule has 8 nitrogen and oxygen atoms in total. The van der Waals surface area contributed by atoms with E-state index < -0.39 is 10.0 Å². The Morgan fingerprint density at radius 3 is 2.60 bits per heavy atom. The van der Waals surface area contributed by atoms with Crippen molar-refractivity contribution in [2.75, 3.05) is 42.9 Å². The molecule has 1 aliphatic rings. The number of piperazine rings is 1. The van der Waals surface area contributed by atoms with E-state index in [-0.39, 0.29) is 4.90 Å². The van der Waals surface area contributed by atoms with E-state index in [1.54, 1.807) is 18.3 Å². The molecule has 9 heteroatoms. The van der Waals surface area contributed by atoms with Gasteiger partial charge in [0, 0.05) is 56.9 Å². The normalized spacial score (nSPS) is 16.0. The fourth-order valence-corrected chi connectivity index (χ4v) is 4.13. The third-order valence-corrected chi connectivity index (χ3v) is 5.88. The Hall–Kier alpha value is -2.26. The molecule has 2 aromatic rings. The smallest absolute Gasteiger partial charge is 0.244 e. The highest BCUT2D eigenvalue weighted by molar-refractivity contribution is 7.89. The lowest BCUT2D eigenvalue weighted by Gasteiger charge is -2.34. The van der Waals surface area contributed by atoms with Crippen LogP contribution in [0.2, 0.25) is 0 Å². The van der Waals surface area contributed by atoms with E-state index >= 15 is 0 Å². The zero-order valence-corrected chi connectivity index (χ0v) is 15.2. The van der Waals surface area contributed by atoms with Gasteiger partial charge in [-0.1, -0.05) is 0 Å². The minimum absolute atomic E-state index is 0.227. The molecule has 1 fully saturated rings. The topological polar surface area (TPSA) is 91.3 Å². The highest BCUT2D eigenvalue weighted by Gasteiger charge is 2.29. The molecule has 0 aliphatic carbocycles. The van der Waals surface area contributed by atoms with E-state index in [4.69, 9.17) is 0 Å². The summed E-state index contributed by atoms with van der Waals surface area (Å²) in [5, 5.41) is 3.19. The summed E-state index contributed by atoms with van der Waals surface area (Å²) in [4.78, 5) is 15.1. The van der Waals surface area contributed by atoms with Crippen LogP contribution in [0.25, 0.3) is 0 Å². The van der Waals surface area contributed by atoms with Gasteiger partial charge in [-0.05, 0) is 26.0 Å². The first-order valence-electron chi connectivity index (χ1n) is 8.25. The maximum absolute atomic E-state index is 12.6. The fraction of sp³-hybridized carbons (Fsp3) is 0.438. The molecule has 3 heterocycles. The van der Waals surface area contributed by atoms with Gasteiger partial charge < -0.3 is 10.2 Å². The molecular weight excluding hydrogens is 340 g/mol. The predicted molar refractivity (Wildman–Crippen MR) is 96.1 cm³/mol. The van der Waals surface area contributed by atoms with Crippen LogP contribution >= 0.6 is 0 Å². The lowest BCUT2D eigenvalue weighted by atomic mass is 10.3. The maximum Gasteiger partial charge on any atom is 0.244 e. The average molecular weight is 362 g/mol. The van der Waals surface area contributed by atoms with Crippen molar-refractivity contribution in [1.29, 1.82) is 0 Å². The van der Waals surface area contributed by atoms with Crippen molar-refractivity contribution in [2.24, 2.45) is 0 Å². The van der Waals surface area contributed by atoms with Crippen LogP contribution in [0.1, 0.15) is 12.6 Å². The Morgan fingerprint density at radius 1 is 1.20 bits per heavy atom. The average Bonchev–Trinajstić information content (AvgIpc) is 2.62. The number of pyridine rings is 1. The first-order chi connectivity index (χ1) is 12.0. The third-order valence-electron chi connectivity index (χ3n) is 3.99. The minimum Gasteiger partial charge on any atom is -0.370 e. The van der Waals surface area contributed by atoms with Crippen molar-refractivity contribution in [1.82, 2.24) is 19.3 Å². The first-order valence-corrected chi connectivity index (χ1v) is 9.69. The Balaban J connectivity index is 1.72. The Bertz CT molecular complexity index is 820. The van der Waals surface area contributed by atoms with Gasteiger partial charge in [-0.25, -0.2) is 13.4 Å². The van der Waals surface area contributed by atoms with Gasteiger partial charge in [0.2, 0.25) is 16.0 Å². The van der Waals surface area contributed by atoms with Crippen molar-refractivity contribution in [3.63, 3.8) is 0 Å². The summed E-state index contributed by atoms with van der Waals surface area (Å²) in [6.07, 6.45) is 2.95. The molecule has 0 spiro atoms. The molecule has 0 aromatic carbocycles. The summed E-state index contributed by atoms with van der Waals surface area (Å²) in [5.41, 5.74) is 0.881. The zero-order chi connectivity index (χ0) is 17.9. The van der Waals surface area contributed by atoms with Crippen molar-refractivity contribution in [3.8, 4) is 0 Å². The third kappa shape index (κ3) is 3.88. The number of rotatable bonds is 5. The van der Waals surface area contributed by atoms with Gasteiger partial charge >= 0.3 is 0 Å². The number of aromatic nitrogens is 3. The standard InChI is InChI=1S/C16H22N6O2S/c1-3-18-15-11-13(2)19-16(20-15)21-7-9-22(10-8-21)25(23,24)14-5-4-6-17-12-14/h4-6,11-12H,3,7-10H2,1-2H3,(H,18,19,20). The maximum atomic E-state index is 12.6. The van der Waals surface area contributed by atoms with Gasteiger partial charge in [0.15, 0.2) is 0 Å². The molecule has 0 atom stereocenters. The van der Waals surface area contributed by atoms with E-state index in [9.17, 15) is 8.42 Å². The van der Waals surface area contributed by atoms with Crippen LogP contribution in [0.15, 0.2) is 35.5 Å². The van der Waals surface area contributed by atoms with Crippen molar-refractivity contribution < 1.29 is 8.42 Å². The summed E-state index contributed by atoms with van der Waals surface area (Å²) in [6, 6.07) is 5.10. The largest absolute Gasteiger partial charge is 0.370 e. The SMILES string of the molecule is CCNc1cc(C)nc(N2CCN(S(=O)(=O)c3cccnc3)CC2)n1. The lowest BCUT2D eigenvalue weighted by Crippen LogP contribution is -2.49. The van der Waals surface area contributed by atoms with E-state index in [0.717, 1.165) is 18.1 Å². The van der Waals surface area contributed by atoms with E-state index in [0.29, 0.717) is 32.1 Å². The highest BCUT2D eigenvalue weighted by atomic mass is 32.2. The molecule has 2 aromatic heterocycles. The molecule has 3 rings (SSSR count). The van der Waals surface area contributed by atoms with Crippen LogP contribution in [0.3, 0.4) is 0 Å². The second-order valence-electron chi connectivity index (χ2n) is 5.80. The molecule has 25 heavy (non-hydrogen) atoms. The van der Waals surface area contributed by atoms with Gasteiger partial charge in [-0.15, -0.1) is 0 Å². The second kappa shape index (κ2) is 7.32. The molecule has 1 saturated heterocycles. The zero-order valence-electron chi connectivity index (χ0n) is 14.4. The van der Waals surface area contributed by atoms with Gasteiger partial charge in [0.25, 0.3) is 0 Å². The summed E-state index contributed by atoms with van der Waals surface area (Å²) < 4.78 is 26.8. The monoisotopic (exact) mass is 362 g/mol. The fourth-order valence-electron chi connectivity index (χ4n) is 2.74. The molecule has 1 aliphatic heterocycles. The van der Waals surface area contributed by atoms with Crippen LogP contribution in [-0.4, -0.2) is 60.4 Å². The van der Waals surface area contributed by atoms with Crippen molar-refractivity contribution in [3.05, 3.63) is 36.3 Å². The van der Waals surface area contributed by atoms with Crippen LogP contribution in [0.4, 0.5) is 11.8 Å². The molecule has 1 N–H and O–H groups in total. The summed E-state index contributed by atoms with van der Waals surface area (Å²) in [7, 11) is -3.50. The number of sulfonamides is 1. The van der Waals surface area contributed by atoms with Gasteiger partial charge in [0.1, 0.15) is 10.7 Å². The number of hydrogen-bond donors (Lipinski definition) is 1. The molecule has 0 amide bonds. The minimum atomic E-state index is -3.50. The second-order valence-corrected chi connectivity index (χ2v) is 7.74.